The number of rotatable bonds is 14. The van der Waals surface area contributed by atoms with Gasteiger partial charge < -0.3 is 46.6 Å². The largest absolute Gasteiger partial charge is 0.790 e. The second-order valence-corrected chi connectivity index (χ2v) is 9.51. The molecule has 1 atom stereocenters. The standard InChI is InChI=1S/C8H17O4P.C4H10O7P2/c1-4-10-7-8-13(9,11-5-2)12-6-3;1-2-10-3-4-12(5,6)11-13(7,8)9/h4H,1,5-8H2,2-3H3;2H,1,3-4H2,(H,5,6)(H2,7,8,9)/p-3. The molecule has 0 heterocycles. The molecule has 0 aliphatic carbocycles. The molecule has 0 aliphatic rings. The van der Waals surface area contributed by atoms with Gasteiger partial charge in [0, 0.05) is 6.16 Å². The molecule has 0 aromatic carbocycles. The Balaban J connectivity index is 0. The average Bonchev–Trinajstić information content (AvgIpc) is 2.46. The molecule has 0 radical (unpaired) electrons. The van der Waals surface area contributed by atoms with E-state index in [9.17, 15) is 28.4 Å². The van der Waals surface area contributed by atoms with Crippen molar-refractivity contribution in [2.24, 2.45) is 0 Å². The van der Waals surface area contributed by atoms with Crippen LogP contribution in [-0.2, 0) is 36.5 Å². The lowest BCUT2D eigenvalue weighted by molar-refractivity contribution is -0.337. The predicted molar refractivity (Wildman–Crippen MR) is 89.2 cm³/mol. The lowest BCUT2D eigenvalue weighted by atomic mass is 10.8. The van der Waals surface area contributed by atoms with Gasteiger partial charge in [0.1, 0.15) is 7.60 Å². The fourth-order valence-electron chi connectivity index (χ4n) is 1.25. The fraction of sp³-hybridized carbons (Fsp3) is 0.667. The highest BCUT2D eigenvalue weighted by Gasteiger charge is 2.22. The first-order chi connectivity index (χ1) is 11.9. The molecule has 0 aliphatic heterocycles. The Bertz CT molecular complexity index is 521. The van der Waals surface area contributed by atoms with E-state index in [0.29, 0.717) is 19.8 Å². The first-order valence-corrected chi connectivity index (χ1v) is 12.2. The maximum Gasteiger partial charge on any atom is 0.334 e. The molecule has 26 heavy (non-hydrogen) atoms. The molecule has 0 saturated heterocycles. The Hall–Kier alpha value is -0.470. The summed E-state index contributed by atoms with van der Waals surface area (Å²) in [6.07, 6.45) is 1.85. The molecule has 0 fully saturated rings. The summed E-state index contributed by atoms with van der Waals surface area (Å²) in [5.41, 5.74) is 0. The molecule has 0 amide bonds. The molecular weight excluding hydrogens is 413 g/mol. The van der Waals surface area contributed by atoms with E-state index in [4.69, 9.17) is 13.8 Å². The van der Waals surface area contributed by atoms with Gasteiger partial charge in [0.15, 0.2) is 0 Å². The van der Waals surface area contributed by atoms with E-state index in [1.54, 1.807) is 13.8 Å². The van der Waals surface area contributed by atoms with Crippen LogP contribution in [0.2, 0.25) is 0 Å². The van der Waals surface area contributed by atoms with Crippen molar-refractivity contribution in [1.29, 1.82) is 0 Å². The third kappa shape index (κ3) is 18.3. The van der Waals surface area contributed by atoms with Crippen molar-refractivity contribution in [2.75, 3.05) is 38.8 Å². The van der Waals surface area contributed by atoms with Crippen LogP contribution >= 0.6 is 23.0 Å². The number of phosphoric acid groups is 1. The monoisotopic (exact) mass is 437 g/mol. The highest BCUT2D eigenvalue weighted by atomic mass is 31.3. The zero-order valence-electron chi connectivity index (χ0n) is 14.6. The van der Waals surface area contributed by atoms with Gasteiger partial charge in [-0.05, 0) is 13.8 Å². The van der Waals surface area contributed by atoms with Crippen molar-refractivity contribution in [3.63, 3.8) is 0 Å². The SMILES string of the molecule is C=COCCP(=O)(OCC)OCC.C=COCCP(=O)([O-])OP(=O)([O-])[O-]. The minimum atomic E-state index is -5.49. The van der Waals surface area contributed by atoms with Crippen LogP contribution in [-0.4, -0.2) is 38.8 Å². The van der Waals surface area contributed by atoms with E-state index >= 15 is 0 Å². The predicted octanol–water partition coefficient (Wildman–Crippen LogP) is 0.958. The van der Waals surface area contributed by atoms with Gasteiger partial charge in [-0.2, -0.15) is 0 Å². The van der Waals surface area contributed by atoms with Crippen LogP contribution in [0.5, 0.6) is 0 Å². The Morgan fingerprint density at radius 1 is 0.846 bits per heavy atom. The zero-order chi connectivity index (χ0) is 20.7. The van der Waals surface area contributed by atoms with E-state index in [1.165, 1.54) is 6.26 Å². The summed E-state index contributed by atoms with van der Waals surface area (Å²) in [5.74, 6) is 0. The molecule has 0 spiro atoms. The summed E-state index contributed by atoms with van der Waals surface area (Å²) in [6, 6.07) is 0. The normalized spacial score (nSPS) is 13.7. The highest BCUT2D eigenvalue weighted by Crippen LogP contribution is 2.49. The van der Waals surface area contributed by atoms with E-state index in [0.717, 1.165) is 6.26 Å². The van der Waals surface area contributed by atoms with Crippen molar-refractivity contribution in [3.05, 3.63) is 25.7 Å². The third-order valence-electron chi connectivity index (χ3n) is 2.08. The van der Waals surface area contributed by atoms with Crippen molar-refractivity contribution < 1.29 is 51.2 Å². The molecule has 0 bridgehead atoms. The zero-order valence-corrected chi connectivity index (χ0v) is 17.3. The molecule has 11 nitrogen and oxygen atoms in total. The molecule has 156 valence electrons. The van der Waals surface area contributed by atoms with E-state index in [-0.39, 0.29) is 12.8 Å². The second-order valence-electron chi connectivity index (χ2n) is 4.11. The lowest BCUT2D eigenvalue weighted by Crippen LogP contribution is -2.20. The van der Waals surface area contributed by atoms with Gasteiger partial charge in [0.2, 0.25) is 0 Å². The van der Waals surface area contributed by atoms with Crippen LogP contribution in [0.1, 0.15) is 13.8 Å². The van der Waals surface area contributed by atoms with Crippen molar-refractivity contribution >= 4 is 23.0 Å². The summed E-state index contributed by atoms with van der Waals surface area (Å²) in [4.78, 5) is 30.4. The van der Waals surface area contributed by atoms with Crippen LogP contribution in [0.15, 0.2) is 25.7 Å². The van der Waals surface area contributed by atoms with Crippen LogP contribution in [0.25, 0.3) is 0 Å². The second kappa shape index (κ2) is 14.6. The van der Waals surface area contributed by atoms with Gasteiger partial charge >= 0.3 is 7.60 Å². The smallest absolute Gasteiger partial charge is 0.334 e. The van der Waals surface area contributed by atoms with Gasteiger partial charge in [0.05, 0.1) is 52.9 Å². The van der Waals surface area contributed by atoms with Gasteiger partial charge in [-0.3, -0.25) is 4.57 Å². The Kier molecular flexibility index (Phi) is 15.5. The summed E-state index contributed by atoms with van der Waals surface area (Å²) in [6.45, 7) is 10.8. The van der Waals surface area contributed by atoms with Crippen LogP contribution in [0.3, 0.4) is 0 Å². The van der Waals surface area contributed by atoms with E-state index in [2.05, 4.69) is 22.2 Å². The number of hydrogen-bond donors (Lipinski definition) is 0. The van der Waals surface area contributed by atoms with Crippen LogP contribution in [0.4, 0.5) is 0 Å². The fourth-order valence-corrected chi connectivity index (χ4v) is 4.57. The molecule has 0 aromatic rings. The lowest BCUT2D eigenvalue weighted by Gasteiger charge is -2.35. The minimum Gasteiger partial charge on any atom is -0.790 e. The Morgan fingerprint density at radius 2 is 1.27 bits per heavy atom. The number of ether oxygens (including phenoxy) is 2. The van der Waals surface area contributed by atoms with Gasteiger partial charge in [-0.1, -0.05) is 13.2 Å². The third-order valence-corrected chi connectivity index (χ3v) is 6.64. The average molecular weight is 437 g/mol. The highest BCUT2D eigenvalue weighted by molar-refractivity contribution is 7.61. The summed E-state index contributed by atoms with van der Waals surface area (Å²) in [7, 11) is -13.1. The molecule has 14 heteroatoms. The maximum atomic E-state index is 11.7. The van der Waals surface area contributed by atoms with Crippen molar-refractivity contribution in [1.82, 2.24) is 0 Å². The molecule has 0 N–H and O–H groups in total. The Labute approximate surface area is 153 Å². The van der Waals surface area contributed by atoms with Gasteiger partial charge in [-0.15, -0.1) is 0 Å². The van der Waals surface area contributed by atoms with Crippen LogP contribution < -0.4 is 14.7 Å². The first kappa shape index (κ1) is 27.7. The quantitative estimate of drug-likeness (QED) is 0.216. The molecule has 0 saturated carbocycles. The van der Waals surface area contributed by atoms with E-state index < -0.39 is 29.2 Å². The van der Waals surface area contributed by atoms with E-state index in [1.807, 2.05) is 0 Å². The van der Waals surface area contributed by atoms with Crippen LogP contribution in [0, 0.1) is 0 Å². The minimum absolute atomic E-state index is 0.265. The molecular formula is C12H24O11P3-3. The molecule has 1 unspecified atom stereocenters. The molecule has 0 aromatic heterocycles. The maximum absolute atomic E-state index is 11.7. The summed E-state index contributed by atoms with van der Waals surface area (Å²) >= 11 is 0. The van der Waals surface area contributed by atoms with Gasteiger partial charge in [0.25, 0.3) is 0 Å². The molecule has 0 rings (SSSR count). The summed E-state index contributed by atoms with van der Waals surface area (Å²) < 4.78 is 54.9. The summed E-state index contributed by atoms with van der Waals surface area (Å²) in [5, 5.41) is 0. The van der Waals surface area contributed by atoms with Gasteiger partial charge in [-0.25, -0.2) is 0 Å². The first-order valence-electron chi connectivity index (χ1n) is 7.32. The number of hydrogen-bond acceptors (Lipinski definition) is 11. The topological polar surface area (TPSA) is 167 Å². The van der Waals surface area contributed by atoms with Crippen molar-refractivity contribution in [2.45, 2.75) is 13.8 Å². The Morgan fingerprint density at radius 3 is 1.62 bits per heavy atom. The van der Waals surface area contributed by atoms with Crippen molar-refractivity contribution in [3.8, 4) is 0 Å².